The number of anilines is 1. The van der Waals surface area contributed by atoms with Gasteiger partial charge in [-0.15, -0.1) is 0 Å². The lowest BCUT2D eigenvalue weighted by molar-refractivity contribution is -0.111. The lowest BCUT2D eigenvalue weighted by Crippen LogP contribution is -2.15. The van der Waals surface area contributed by atoms with Crippen molar-refractivity contribution in [2.75, 3.05) is 11.9 Å². The standard InChI is InChI=1S/C20H22ClN5O2/c1-4-8-17(28-6-3)26-19-15(12-22-26)18(24-20(21)25-19)13-9-7-10-14(11-13)23-16(27)5-2/h5,7,9-12,17H,2,4,6,8H2,1,3H3,(H,23,27). The number of aromatic nitrogens is 4. The molecule has 1 aromatic carbocycles. The third kappa shape index (κ3) is 4.21. The fraction of sp³-hybridized carbons (Fsp3) is 0.300. The molecule has 28 heavy (non-hydrogen) atoms. The Kier molecular flexibility index (Phi) is 6.38. The van der Waals surface area contributed by atoms with Crippen molar-refractivity contribution in [3.8, 4) is 11.3 Å². The first-order valence-corrected chi connectivity index (χ1v) is 9.51. The van der Waals surface area contributed by atoms with E-state index in [0.717, 1.165) is 23.8 Å². The van der Waals surface area contributed by atoms with E-state index >= 15 is 0 Å². The number of amides is 1. The van der Waals surface area contributed by atoms with Gasteiger partial charge in [-0.3, -0.25) is 4.79 Å². The Morgan fingerprint density at radius 2 is 2.21 bits per heavy atom. The number of hydrogen-bond donors (Lipinski definition) is 1. The van der Waals surface area contributed by atoms with Crippen molar-refractivity contribution in [2.45, 2.75) is 32.9 Å². The van der Waals surface area contributed by atoms with Crippen LogP contribution in [0.4, 0.5) is 5.69 Å². The molecule has 2 heterocycles. The fourth-order valence-electron chi connectivity index (χ4n) is 2.98. The first-order chi connectivity index (χ1) is 13.6. The number of nitrogens with zero attached hydrogens (tertiary/aromatic N) is 4. The van der Waals surface area contributed by atoms with E-state index in [1.165, 1.54) is 6.08 Å². The number of hydrogen-bond acceptors (Lipinski definition) is 5. The van der Waals surface area contributed by atoms with E-state index in [9.17, 15) is 4.79 Å². The monoisotopic (exact) mass is 399 g/mol. The molecule has 1 amide bonds. The molecule has 0 saturated heterocycles. The fourth-order valence-corrected chi connectivity index (χ4v) is 3.15. The average Bonchev–Trinajstić information content (AvgIpc) is 3.10. The first kappa shape index (κ1) is 20.0. The molecule has 0 radical (unpaired) electrons. The molecule has 0 fully saturated rings. The molecule has 0 aliphatic carbocycles. The molecule has 146 valence electrons. The van der Waals surface area contributed by atoms with E-state index in [-0.39, 0.29) is 17.4 Å². The minimum Gasteiger partial charge on any atom is -0.357 e. The van der Waals surface area contributed by atoms with Crippen LogP contribution in [0, 0.1) is 0 Å². The molecule has 0 aliphatic heterocycles. The number of carbonyl (C=O) groups excluding carboxylic acids is 1. The van der Waals surface area contributed by atoms with Gasteiger partial charge in [0.2, 0.25) is 11.2 Å². The van der Waals surface area contributed by atoms with Crippen LogP contribution in [0.15, 0.2) is 43.1 Å². The summed E-state index contributed by atoms with van der Waals surface area (Å²) >= 11 is 6.22. The van der Waals surface area contributed by atoms with Gasteiger partial charge in [-0.05, 0) is 43.2 Å². The number of ether oxygens (including phenoxy) is 1. The summed E-state index contributed by atoms with van der Waals surface area (Å²) in [5.41, 5.74) is 2.68. The van der Waals surface area contributed by atoms with Gasteiger partial charge in [0.1, 0.15) is 0 Å². The van der Waals surface area contributed by atoms with Crippen LogP contribution in [0.5, 0.6) is 0 Å². The van der Waals surface area contributed by atoms with Gasteiger partial charge in [-0.2, -0.15) is 10.1 Å². The molecular formula is C20H22ClN5O2. The second kappa shape index (κ2) is 8.95. The highest BCUT2D eigenvalue weighted by Gasteiger charge is 2.19. The van der Waals surface area contributed by atoms with Crippen LogP contribution in [0.1, 0.15) is 32.9 Å². The molecular weight excluding hydrogens is 378 g/mol. The number of fused-ring (bicyclic) bond motifs is 1. The summed E-state index contributed by atoms with van der Waals surface area (Å²) < 4.78 is 7.59. The van der Waals surface area contributed by atoms with E-state index < -0.39 is 0 Å². The number of benzene rings is 1. The molecule has 0 aliphatic rings. The zero-order chi connectivity index (χ0) is 20.1. The maximum absolute atomic E-state index is 11.6. The largest absolute Gasteiger partial charge is 0.357 e. The van der Waals surface area contributed by atoms with E-state index in [2.05, 4.69) is 33.9 Å². The summed E-state index contributed by atoms with van der Waals surface area (Å²) in [6, 6.07) is 7.34. The first-order valence-electron chi connectivity index (χ1n) is 9.13. The molecule has 0 saturated carbocycles. The Labute approximate surface area is 168 Å². The lowest BCUT2D eigenvalue weighted by atomic mass is 10.1. The van der Waals surface area contributed by atoms with E-state index in [1.807, 2.05) is 25.1 Å². The van der Waals surface area contributed by atoms with Crippen molar-refractivity contribution >= 4 is 34.2 Å². The van der Waals surface area contributed by atoms with E-state index in [0.29, 0.717) is 23.6 Å². The summed E-state index contributed by atoms with van der Waals surface area (Å²) in [4.78, 5) is 20.4. The van der Waals surface area contributed by atoms with Gasteiger partial charge in [0.15, 0.2) is 11.9 Å². The van der Waals surface area contributed by atoms with Crippen molar-refractivity contribution in [3.63, 3.8) is 0 Å². The topological polar surface area (TPSA) is 81.9 Å². The molecule has 0 spiro atoms. The van der Waals surface area contributed by atoms with Crippen LogP contribution in [0.3, 0.4) is 0 Å². The second-order valence-corrected chi connectivity index (χ2v) is 6.48. The maximum Gasteiger partial charge on any atom is 0.247 e. The van der Waals surface area contributed by atoms with Crippen molar-refractivity contribution in [1.29, 1.82) is 0 Å². The van der Waals surface area contributed by atoms with Gasteiger partial charge >= 0.3 is 0 Å². The Morgan fingerprint density at radius 3 is 2.93 bits per heavy atom. The van der Waals surface area contributed by atoms with Crippen LogP contribution >= 0.6 is 11.6 Å². The predicted molar refractivity (Wildman–Crippen MR) is 110 cm³/mol. The molecule has 8 heteroatoms. The molecule has 3 rings (SSSR count). The summed E-state index contributed by atoms with van der Waals surface area (Å²) in [7, 11) is 0. The maximum atomic E-state index is 11.6. The van der Waals surface area contributed by atoms with Crippen molar-refractivity contribution in [1.82, 2.24) is 19.7 Å². The van der Waals surface area contributed by atoms with E-state index in [1.54, 1.807) is 16.9 Å². The number of nitrogens with one attached hydrogen (secondary N) is 1. The van der Waals surface area contributed by atoms with Gasteiger partial charge in [0, 0.05) is 17.9 Å². The predicted octanol–water partition coefficient (Wildman–Crippen LogP) is 4.61. The van der Waals surface area contributed by atoms with Gasteiger partial charge in [0.05, 0.1) is 17.3 Å². The SMILES string of the molecule is C=CC(=O)Nc1cccc(-c2nc(Cl)nc3c2cnn3C(CCC)OCC)c1. The molecule has 7 nitrogen and oxygen atoms in total. The zero-order valence-electron chi connectivity index (χ0n) is 15.9. The number of carbonyl (C=O) groups is 1. The third-order valence-corrected chi connectivity index (χ3v) is 4.35. The van der Waals surface area contributed by atoms with Crippen LogP contribution in [0.2, 0.25) is 5.28 Å². The van der Waals surface area contributed by atoms with Gasteiger partial charge < -0.3 is 10.1 Å². The Morgan fingerprint density at radius 1 is 1.39 bits per heavy atom. The smallest absolute Gasteiger partial charge is 0.247 e. The molecule has 1 atom stereocenters. The minimum atomic E-state index is -0.282. The summed E-state index contributed by atoms with van der Waals surface area (Å²) in [5.74, 6) is -0.282. The Hall–Kier alpha value is -2.77. The third-order valence-electron chi connectivity index (χ3n) is 4.18. The summed E-state index contributed by atoms with van der Waals surface area (Å²) in [6.45, 7) is 8.08. The molecule has 1 N–H and O–H groups in total. The Bertz CT molecular complexity index is 995. The van der Waals surface area contributed by atoms with Crippen LogP contribution in [0.25, 0.3) is 22.3 Å². The highest BCUT2D eigenvalue weighted by Crippen LogP contribution is 2.31. The van der Waals surface area contributed by atoms with Gasteiger partial charge in [-0.1, -0.05) is 32.1 Å². The Balaban J connectivity index is 2.09. The zero-order valence-corrected chi connectivity index (χ0v) is 16.6. The molecule has 3 aromatic rings. The minimum absolute atomic E-state index is 0.122. The van der Waals surface area contributed by atoms with Crippen LogP contribution in [-0.4, -0.2) is 32.3 Å². The highest BCUT2D eigenvalue weighted by atomic mass is 35.5. The molecule has 2 aromatic heterocycles. The summed E-state index contributed by atoms with van der Waals surface area (Å²) in [6.07, 6.45) is 4.48. The van der Waals surface area contributed by atoms with Crippen molar-refractivity contribution in [2.24, 2.45) is 0 Å². The van der Waals surface area contributed by atoms with Crippen molar-refractivity contribution < 1.29 is 9.53 Å². The van der Waals surface area contributed by atoms with Gasteiger partial charge in [0.25, 0.3) is 0 Å². The number of rotatable bonds is 8. The van der Waals surface area contributed by atoms with Crippen molar-refractivity contribution in [3.05, 3.63) is 48.4 Å². The second-order valence-electron chi connectivity index (χ2n) is 6.14. The van der Waals surface area contributed by atoms with E-state index in [4.69, 9.17) is 16.3 Å². The average molecular weight is 400 g/mol. The quantitative estimate of drug-likeness (QED) is 0.442. The van der Waals surface area contributed by atoms with Gasteiger partial charge in [-0.25, -0.2) is 9.67 Å². The lowest BCUT2D eigenvalue weighted by Gasteiger charge is -2.17. The summed E-state index contributed by atoms with van der Waals surface area (Å²) in [5, 5.41) is 8.12. The van der Waals surface area contributed by atoms with Crippen LogP contribution < -0.4 is 5.32 Å². The van der Waals surface area contributed by atoms with Crippen LogP contribution in [-0.2, 0) is 9.53 Å². The molecule has 0 bridgehead atoms. The number of halogens is 1. The highest BCUT2D eigenvalue weighted by molar-refractivity contribution is 6.28. The normalized spacial score (nSPS) is 12.1. The molecule has 1 unspecified atom stereocenters.